The Hall–Kier alpha value is -2.63. The Labute approximate surface area is 104 Å². The average Bonchev–Trinajstić information content (AvgIpc) is 2.30. The van der Waals surface area contributed by atoms with Crippen molar-refractivity contribution < 1.29 is 15.0 Å². The molecule has 1 aromatic carbocycles. The number of aromatic nitrogens is 1. The molecule has 18 heavy (non-hydrogen) atoms. The first-order valence-electron chi connectivity index (χ1n) is 5.15. The van der Waals surface area contributed by atoms with Gasteiger partial charge in [0.15, 0.2) is 0 Å². The lowest BCUT2D eigenvalue weighted by Crippen LogP contribution is -2.12. The third kappa shape index (κ3) is 4.48. The molecule has 0 aliphatic carbocycles. The van der Waals surface area contributed by atoms with E-state index in [9.17, 15) is 15.2 Å². The lowest BCUT2D eigenvalue weighted by molar-refractivity contribution is -0.385. The maximum Gasteiger partial charge on any atom is 0.270 e. The van der Waals surface area contributed by atoms with Gasteiger partial charge in [-0.05, 0) is 13.0 Å². The van der Waals surface area contributed by atoms with Crippen molar-refractivity contribution in [2.24, 2.45) is 0 Å². The molecule has 0 unspecified atom stereocenters. The molecule has 0 bridgehead atoms. The highest BCUT2D eigenvalue weighted by Gasteiger charge is 1.99. The molecule has 0 saturated heterocycles. The Morgan fingerprint density at radius 1 is 1.17 bits per heavy atom. The van der Waals surface area contributed by atoms with Crippen LogP contribution in [-0.4, -0.2) is 4.92 Å². The first-order valence-corrected chi connectivity index (χ1v) is 5.15. The molecule has 0 fully saturated rings. The Kier molecular flexibility index (Phi) is 4.62. The molecule has 2 rings (SSSR count). The average molecular weight is 247 g/mol. The van der Waals surface area contributed by atoms with E-state index in [4.69, 9.17) is 5.73 Å². The van der Waals surface area contributed by atoms with Crippen LogP contribution in [0.1, 0.15) is 5.69 Å². The largest absolute Gasteiger partial charge is 0.872 e. The zero-order valence-corrected chi connectivity index (χ0v) is 9.79. The number of anilines is 1. The van der Waals surface area contributed by atoms with E-state index in [0.717, 1.165) is 17.8 Å². The van der Waals surface area contributed by atoms with Gasteiger partial charge in [0.1, 0.15) is 0 Å². The SMILES string of the molecule is Cc1cccc(N)[nH+]1.O=[N+]([O-])c1ccc([O-])cc1. The minimum absolute atomic E-state index is 0.0559. The number of nitrogens with two attached hydrogens (primary N) is 1. The minimum atomic E-state index is -0.542. The predicted molar refractivity (Wildman–Crippen MR) is 64.7 cm³/mol. The van der Waals surface area contributed by atoms with E-state index < -0.39 is 4.92 Å². The van der Waals surface area contributed by atoms with Gasteiger partial charge in [-0.25, -0.2) is 4.98 Å². The summed E-state index contributed by atoms with van der Waals surface area (Å²) in [5.74, 6) is 0.496. The third-order valence-corrected chi connectivity index (χ3v) is 2.01. The summed E-state index contributed by atoms with van der Waals surface area (Å²) in [6, 6.07) is 10.4. The molecule has 6 nitrogen and oxygen atoms in total. The second-order valence-electron chi connectivity index (χ2n) is 3.54. The van der Waals surface area contributed by atoms with Crippen LogP contribution < -0.4 is 15.8 Å². The zero-order chi connectivity index (χ0) is 13.5. The van der Waals surface area contributed by atoms with Gasteiger partial charge in [-0.2, -0.15) is 0 Å². The Balaban J connectivity index is 0.000000184. The Morgan fingerprint density at radius 3 is 2.17 bits per heavy atom. The van der Waals surface area contributed by atoms with Gasteiger partial charge >= 0.3 is 0 Å². The summed E-state index contributed by atoms with van der Waals surface area (Å²) in [4.78, 5) is 12.4. The first-order chi connectivity index (χ1) is 8.49. The lowest BCUT2D eigenvalue weighted by atomic mass is 10.3. The molecular weight excluding hydrogens is 234 g/mol. The topological polar surface area (TPSA) is 106 Å². The van der Waals surface area contributed by atoms with Gasteiger partial charge in [0.2, 0.25) is 0 Å². The van der Waals surface area contributed by atoms with Crippen molar-refractivity contribution in [3.8, 4) is 5.75 Å². The van der Waals surface area contributed by atoms with Gasteiger partial charge in [-0.3, -0.25) is 15.8 Å². The molecule has 1 heterocycles. The van der Waals surface area contributed by atoms with Gasteiger partial charge in [-0.15, -0.1) is 5.75 Å². The van der Waals surface area contributed by atoms with Crippen LogP contribution >= 0.6 is 0 Å². The number of nitrogens with one attached hydrogen (secondary N) is 1. The van der Waals surface area contributed by atoms with E-state index in [1.165, 1.54) is 12.1 Å². The maximum atomic E-state index is 10.4. The van der Waals surface area contributed by atoms with Gasteiger partial charge in [-0.1, -0.05) is 18.2 Å². The highest BCUT2D eigenvalue weighted by molar-refractivity contribution is 5.34. The summed E-state index contributed by atoms with van der Waals surface area (Å²) in [6.07, 6.45) is 0. The molecule has 0 aliphatic rings. The molecule has 94 valence electrons. The standard InChI is InChI=1S/C6H8N2.C6H5NO3/c1-5-3-2-4-6(7)8-5;8-6-3-1-5(2-4-6)7(9)10/h2-4H,1H3,(H2,7,8);1-4,8H. The fourth-order valence-electron chi connectivity index (χ4n) is 1.17. The number of H-pyrrole nitrogens is 1. The van der Waals surface area contributed by atoms with E-state index >= 15 is 0 Å². The summed E-state index contributed by atoms with van der Waals surface area (Å²) in [6.45, 7) is 1.97. The second kappa shape index (κ2) is 6.19. The monoisotopic (exact) mass is 247 g/mol. The molecule has 0 atom stereocenters. The number of nitrogen functional groups attached to an aromatic ring is 1. The molecule has 0 amide bonds. The smallest absolute Gasteiger partial charge is 0.270 e. The zero-order valence-electron chi connectivity index (χ0n) is 9.79. The van der Waals surface area contributed by atoms with Crippen molar-refractivity contribution in [3.05, 3.63) is 58.3 Å². The van der Waals surface area contributed by atoms with Crippen LogP contribution in [0.3, 0.4) is 0 Å². The third-order valence-electron chi connectivity index (χ3n) is 2.01. The number of nitrogens with zero attached hydrogens (tertiary/aromatic N) is 1. The fraction of sp³-hybridized carbons (Fsp3) is 0.0833. The highest BCUT2D eigenvalue weighted by Crippen LogP contribution is 2.12. The van der Waals surface area contributed by atoms with Gasteiger partial charge < -0.3 is 5.11 Å². The van der Waals surface area contributed by atoms with E-state index in [2.05, 4.69) is 4.98 Å². The summed E-state index contributed by atoms with van der Waals surface area (Å²) < 4.78 is 0. The number of hydrogen-bond acceptors (Lipinski definition) is 4. The van der Waals surface area contributed by atoms with Gasteiger partial charge in [0.25, 0.3) is 11.5 Å². The normalized spacial score (nSPS) is 9.17. The lowest BCUT2D eigenvalue weighted by Gasteiger charge is -2.00. The second-order valence-corrected chi connectivity index (χ2v) is 3.54. The van der Waals surface area contributed by atoms with Crippen LogP contribution in [0.15, 0.2) is 42.5 Å². The summed E-state index contributed by atoms with van der Waals surface area (Å²) >= 11 is 0. The van der Waals surface area contributed by atoms with E-state index in [1.807, 2.05) is 25.1 Å². The van der Waals surface area contributed by atoms with E-state index in [-0.39, 0.29) is 11.4 Å². The Morgan fingerprint density at radius 2 is 1.78 bits per heavy atom. The van der Waals surface area contributed by atoms with Crippen molar-refractivity contribution in [2.45, 2.75) is 6.92 Å². The molecule has 1 aromatic heterocycles. The van der Waals surface area contributed by atoms with Crippen LogP contribution in [0.5, 0.6) is 5.75 Å². The molecular formula is C12H13N3O3. The number of non-ortho nitro benzene ring substituents is 1. The maximum absolute atomic E-state index is 10.4. The van der Waals surface area contributed by atoms with Crippen molar-refractivity contribution in [3.63, 3.8) is 0 Å². The molecule has 0 saturated carbocycles. The summed E-state index contributed by atoms with van der Waals surface area (Å²) in [7, 11) is 0. The molecule has 3 N–H and O–H groups in total. The summed E-state index contributed by atoms with van der Waals surface area (Å²) in [5.41, 5.74) is 6.44. The van der Waals surface area contributed by atoms with Crippen LogP contribution in [0.2, 0.25) is 0 Å². The number of rotatable bonds is 1. The molecule has 6 heteroatoms. The van der Waals surface area contributed by atoms with Crippen LogP contribution in [0.25, 0.3) is 0 Å². The van der Waals surface area contributed by atoms with E-state index in [1.54, 1.807) is 0 Å². The van der Waals surface area contributed by atoms with Crippen molar-refractivity contribution in [1.29, 1.82) is 0 Å². The molecule has 0 radical (unpaired) electrons. The number of hydrogen-bond donors (Lipinski definition) is 1. The number of pyridine rings is 1. The number of benzene rings is 1. The quantitative estimate of drug-likeness (QED) is 0.600. The van der Waals surface area contributed by atoms with Crippen LogP contribution in [-0.2, 0) is 0 Å². The number of aromatic amines is 1. The summed E-state index contributed by atoms with van der Waals surface area (Å²) in [5, 5.41) is 20.4. The highest BCUT2D eigenvalue weighted by atomic mass is 16.6. The number of nitro groups is 1. The van der Waals surface area contributed by atoms with Crippen molar-refractivity contribution in [2.75, 3.05) is 5.73 Å². The molecule has 0 spiro atoms. The first kappa shape index (κ1) is 13.4. The number of aryl methyl sites for hydroxylation is 1. The molecule has 2 aromatic rings. The Bertz CT molecular complexity index is 509. The predicted octanol–water partition coefficient (Wildman–Crippen LogP) is 1.06. The van der Waals surface area contributed by atoms with Crippen molar-refractivity contribution >= 4 is 11.5 Å². The number of nitro benzene ring substituents is 1. The van der Waals surface area contributed by atoms with Gasteiger partial charge in [0, 0.05) is 18.2 Å². The fourth-order valence-corrected chi connectivity index (χ4v) is 1.17. The molecule has 0 aliphatic heterocycles. The van der Waals surface area contributed by atoms with Crippen molar-refractivity contribution in [1.82, 2.24) is 0 Å². The van der Waals surface area contributed by atoms with Crippen LogP contribution in [0, 0.1) is 17.0 Å². The van der Waals surface area contributed by atoms with Gasteiger partial charge in [0.05, 0.1) is 10.6 Å². The van der Waals surface area contributed by atoms with Crippen LogP contribution in [0.4, 0.5) is 11.5 Å². The minimum Gasteiger partial charge on any atom is -0.872 e. The van der Waals surface area contributed by atoms with E-state index in [0.29, 0.717) is 5.82 Å².